The highest BCUT2D eigenvalue weighted by atomic mass is 19.1. The molecule has 4 nitrogen and oxygen atoms in total. The van der Waals surface area contributed by atoms with Gasteiger partial charge in [0.1, 0.15) is 5.82 Å². The number of rotatable bonds is 6. The minimum atomic E-state index is -1.06. The first-order valence-corrected chi connectivity index (χ1v) is 6.22. The lowest BCUT2D eigenvalue weighted by atomic mass is 9.79. The van der Waals surface area contributed by atoms with Crippen molar-refractivity contribution >= 4 is 17.6 Å². The van der Waals surface area contributed by atoms with E-state index in [-0.39, 0.29) is 6.42 Å². The Balaban J connectivity index is 2.76. The number of aliphatic carboxylic acids is 1. The summed E-state index contributed by atoms with van der Waals surface area (Å²) in [4.78, 5) is 23.2. The number of halogens is 1. The number of amides is 1. The highest BCUT2D eigenvalue weighted by Gasteiger charge is 2.37. The topological polar surface area (TPSA) is 66.4 Å². The molecule has 1 amide bonds. The van der Waals surface area contributed by atoms with E-state index in [1.165, 1.54) is 18.2 Å². The van der Waals surface area contributed by atoms with E-state index in [0.717, 1.165) is 0 Å². The fourth-order valence-electron chi connectivity index (χ4n) is 1.96. The molecule has 1 aromatic rings. The van der Waals surface area contributed by atoms with Gasteiger partial charge in [-0.3, -0.25) is 9.59 Å². The van der Waals surface area contributed by atoms with Crippen LogP contribution in [-0.2, 0) is 9.59 Å². The van der Waals surface area contributed by atoms with Crippen molar-refractivity contribution in [1.29, 1.82) is 0 Å². The van der Waals surface area contributed by atoms with E-state index in [9.17, 15) is 19.1 Å². The Morgan fingerprint density at radius 3 is 2.42 bits per heavy atom. The lowest BCUT2D eigenvalue weighted by Crippen LogP contribution is -2.34. The Labute approximate surface area is 111 Å². The van der Waals surface area contributed by atoms with Gasteiger partial charge in [0.05, 0.1) is 5.41 Å². The second-order valence-electron chi connectivity index (χ2n) is 4.53. The van der Waals surface area contributed by atoms with E-state index in [1.807, 2.05) is 0 Å². The molecule has 19 heavy (non-hydrogen) atoms. The van der Waals surface area contributed by atoms with E-state index < -0.39 is 23.1 Å². The van der Waals surface area contributed by atoms with Crippen molar-refractivity contribution in [3.8, 4) is 0 Å². The molecule has 0 unspecified atom stereocenters. The molecule has 0 heterocycles. The lowest BCUT2D eigenvalue weighted by Gasteiger charge is -2.25. The van der Waals surface area contributed by atoms with Crippen LogP contribution in [0.2, 0.25) is 0 Å². The molecule has 5 heteroatoms. The number of hydrogen-bond donors (Lipinski definition) is 2. The molecule has 0 saturated heterocycles. The van der Waals surface area contributed by atoms with Gasteiger partial charge in [0.2, 0.25) is 5.91 Å². The molecule has 0 aliphatic rings. The number of carbonyl (C=O) groups is 2. The van der Waals surface area contributed by atoms with E-state index in [2.05, 4.69) is 5.32 Å². The molecule has 0 aliphatic carbocycles. The molecular weight excluding hydrogens is 249 g/mol. The standard InChI is InChI=1S/C14H18FNO3/c1-3-14(4-2,13(18)19)9-12(17)16-11-7-5-6-10(15)8-11/h5-8H,3-4,9H2,1-2H3,(H,16,17)(H,18,19). The van der Waals surface area contributed by atoms with Crippen LogP contribution in [0.3, 0.4) is 0 Å². The van der Waals surface area contributed by atoms with Crippen molar-refractivity contribution in [2.75, 3.05) is 5.32 Å². The maximum atomic E-state index is 13.0. The predicted molar refractivity (Wildman–Crippen MR) is 70.3 cm³/mol. The zero-order valence-electron chi connectivity index (χ0n) is 11.1. The van der Waals surface area contributed by atoms with Crippen LogP contribution in [0.5, 0.6) is 0 Å². The van der Waals surface area contributed by atoms with Crippen LogP contribution < -0.4 is 5.32 Å². The Bertz CT molecular complexity index is 470. The van der Waals surface area contributed by atoms with E-state index in [4.69, 9.17) is 0 Å². The lowest BCUT2D eigenvalue weighted by molar-refractivity contribution is -0.151. The third-order valence-corrected chi connectivity index (χ3v) is 3.41. The molecule has 0 aromatic heterocycles. The Morgan fingerprint density at radius 2 is 1.95 bits per heavy atom. The highest BCUT2D eigenvalue weighted by molar-refractivity contribution is 5.94. The molecule has 1 aromatic carbocycles. The van der Waals surface area contributed by atoms with Crippen molar-refractivity contribution < 1.29 is 19.1 Å². The summed E-state index contributed by atoms with van der Waals surface area (Å²) in [6.45, 7) is 3.49. The summed E-state index contributed by atoms with van der Waals surface area (Å²) in [5, 5.41) is 11.8. The van der Waals surface area contributed by atoms with Crippen LogP contribution >= 0.6 is 0 Å². The van der Waals surface area contributed by atoms with Gasteiger partial charge >= 0.3 is 5.97 Å². The molecule has 0 atom stereocenters. The van der Waals surface area contributed by atoms with Gasteiger partial charge in [0.15, 0.2) is 0 Å². The average molecular weight is 267 g/mol. The molecule has 0 aliphatic heterocycles. The summed E-state index contributed by atoms with van der Waals surface area (Å²) in [6.07, 6.45) is 0.622. The number of anilines is 1. The van der Waals surface area contributed by atoms with Gasteiger partial charge in [0, 0.05) is 12.1 Å². The number of nitrogens with one attached hydrogen (secondary N) is 1. The fraction of sp³-hybridized carbons (Fsp3) is 0.429. The molecule has 0 spiro atoms. The number of carboxylic acid groups (broad SMARTS) is 1. The van der Waals surface area contributed by atoms with Crippen LogP contribution in [0.4, 0.5) is 10.1 Å². The quantitative estimate of drug-likeness (QED) is 0.832. The molecule has 0 bridgehead atoms. The summed E-state index contributed by atoms with van der Waals surface area (Å²) >= 11 is 0. The van der Waals surface area contributed by atoms with Crippen LogP contribution in [0, 0.1) is 11.2 Å². The number of carbonyl (C=O) groups excluding carboxylic acids is 1. The fourth-order valence-corrected chi connectivity index (χ4v) is 1.96. The summed E-state index contributed by atoms with van der Waals surface area (Å²) in [7, 11) is 0. The second-order valence-corrected chi connectivity index (χ2v) is 4.53. The Hall–Kier alpha value is -1.91. The van der Waals surface area contributed by atoms with E-state index in [1.54, 1.807) is 19.9 Å². The number of benzene rings is 1. The Morgan fingerprint density at radius 1 is 1.32 bits per heavy atom. The van der Waals surface area contributed by atoms with Gasteiger partial charge < -0.3 is 10.4 Å². The molecule has 1 rings (SSSR count). The maximum Gasteiger partial charge on any atom is 0.310 e. The van der Waals surface area contributed by atoms with E-state index in [0.29, 0.717) is 18.5 Å². The van der Waals surface area contributed by atoms with Crippen molar-refractivity contribution in [2.24, 2.45) is 5.41 Å². The summed E-state index contributed by atoms with van der Waals surface area (Å²) in [6, 6.07) is 5.50. The Kier molecular flexibility index (Phi) is 5.03. The van der Waals surface area contributed by atoms with E-state index >= 15 is 0 Å². The summed E-state index contributed by atoms with van der Waals surface area (Å²) in [5.74, 6) is -1.85. The number of hydrogen-bond acceptors (Lipinski definition) is 2. The molecule has 0 fully saturated rings. The predicted octanol–water partition coefficient (Wildman–Crippen LogP) is 3.05. The highest BCUT2D eigenvalue weighted by Crippen LogP contribution is 2.31. The van der Waals surface area contributed by atoms with Crippen molar-refractivity contribution in [3.05, 3.63) is 30.1 Å². The molecule has 104 valence electrons. The normalized spacial score (nSPS) is 11.1. The summed E-state index contributed by atoms with van der Waals surface area (Å²) in [5.41, 5.74) is -0.728. The minimum Gasteiger partial charge on any atom is -0.481 e. The summed E-state index contributed by atoms with van der Waals surface area (Å²) < 4.78 is 13.0. The molecule has 0 saturated carbocycles. The van der Waals surface area contributed by atoms with Crippen molar-refractivity contribution in [2.45, 2.75) is 33.1 Å². The van der Waals surface area contributed by atoms with Gasteiger partial charge in [-0.05, 0) is 31.0 Å². The van der Waals surface area contributed by atoms with Gasteiger partial charge in [-0.15, -0.1) is 0 Å². The maximum absolute atomic E-state index is 13.0. The molecule has 2 N–H and O–H groups in total. The second kappa shape index (κ2) is 6.31. The van der Waals surface area contributed by atoms with Crippen molar-refractivity contribution in [1.82, 2.24) is 0 Å². The monoisotopic (exact) mass is 267 g/mol. The average Bonchev–Trinajstić information content (AvgIpc) is 2.35. The van der Waals surface area contributed by atoms with Gasteiger partial charge in [0.25, 0.3) is 0 Å². The van der Waals surface area contributed by atoms with Crippen LogP contribution in [0.15, 0.2) is 24.3 Å². The molecular formula is C14H18FNO3. The SMILES string of the molecule is CCC(CC)(CC(=O)Nc1cccc(F)c1)C(=O)O. The van der Waals surface area contributed by atoms with Crippen molar-refractivity contribution in [3.63, 3.8) is 0 Å². The molecule has 0 radical (unpaired) electrons. The third-order valence-electron chi connectivity index (χ3n) is 3.41. The smallest absolute Gasteiger partial charge is 0.310 e. The van der Waals surface area contributed by atoms with Crippen LogP contribution in [0.25, 0.3) is 0 Å². The first-order chi connectivity index (χ1) is 8.93. The van der Waals surface area contributed by atoms with Gasteiger partial charge in [-0.2, -0.15) is 0 Å². The zero-order chi connectivity index (χ0) is 14.5. The van der Waals surface area contributed by atoms with Gasteiger partial charge in [-0.1, -0.05) is 19.9 Å². The van der Waals surface area contributed by atoms with Crippen LogP contribution in [0.1, 0.15) is 33.1 Å². The minimum absolute atomic E-state index is 0.119. The first kappa shape index (κ1) is 15.1. The van der Waals surface area contributed by atoms with Crippen LogP contribution in [-0.4, -0.2) is 17.0 Å². The number of carboxylic acids is 1. The van der Waals surface area contributed by atoms with Gasteiger partial charge in [-0.25, -0.2) is 4.39 Å². The first-order valence-electron chi connectivity index (χ1n) is 6.22. The third kappa shape index (κ3) is 3.77. The largest absolute Gasteiger partial charge is 0.481 e. The zero-order valence-corrected chi connectivity index (χ0v) is 11.1.